The molecule has 0 atom stereocenters. The standard InChI is InChI=1S/C9H4Cl3F2NO2/c10-9(11,12)8(17)15-7(16)6-4(13)2-1-3-5(6)14/h1-3H,(H,15,16,17). The molecule has 1 rings (SSSR count). The van der Waals surface area contributed by atoms with Crippen molar-refractivity contribution in [1.82, 2.24) is 5.32 Å². The van der Waals surface area contributed by atoms with Crippen LogP contribution in [0.3, 0.4) is 0 Å². The van der Waals surface area contributed by atoms with Gasteiger partial charge in [0, 0.05) is 0 Å². The van der Waals surface area contributed by atoms with Gasteiger partial charge in [-0.25, -0.2) is 8.78 Å². The number of nitrogens with one attached hydrogen (secondary N) is 1. The minimum absolute atomic E-state index is 0.859. The number of benzene rings is 1. The molecule has 0 aliphatic carbocycles. The highest BCUT2D eigenvalue weighted by Gasteiger charge is 2.33. The lowest BCUT2D eigenvalue weighted by Gasteiger charge is -2.10. The zero-order chi connectivity index (χ0) is 13.2. The van der Waals surface area contributed by atoms with Crippen molar-refractivity contribution in [2.24, 2.45) is 0 Å². The lowest BCUT2D eigenvalue weighted by Crippen LogP contribution is -2.39. The van der Waals surface area contributed by atoms with Crippen LogP contribution in [-0.4, -0.2) is 15.6 Å². The SMILES string of the molecule is O=C(NC(=O)C(Cl)(Cl)Cl)c1c(F)cccc1F. The summed E-state index contributed by atoms with van der Waals surface area (Å²) in [6.07, 6.45) is 0. The van der Waals surface area contributed by atoms with Gasteiger partial charge < -0.3 is 0 Å². The maximum absolute atomic E-state index is 13.1. The summed E-state index contributed by atoms with van der Waals surface area (Å²) in [5.74, 6) is -4.87. The molecule has 2 amide bonds. The van der Waals surface area contributed by atoms with Crippen LogP contribution in [0, 0.1) is 11.6 Å². The second kappa shape index (κ2) is 5.16. The maximum atomic E-state index is 13.1. The molecule has 17 heavy (non-hydrogen) atoms. The fraction of sp³-hybridized carbons (Fsp3) is 0.111. The number of rotatable bonds is 1. The molecule has 0 spiro atoms. The van der Waals surface area contributed by atoms with Crippen molar-refractivity contribution in [3.63, 3.8) is 0 Å². The summed E-state index contributed by atoms with van der Waals surface area (Å²) in [7, 11) is 0. The molecule has 0 unspecified atom stereocenters. The number of carbonyl (C=O) groups is 2. The first-order chi connectivity index (χ1) is 7.73. The van der Waals surface area contributed by atoms with Crippen molar-refractivity contribution in [3.05, 3.63) is 35.4 Å². The van der Waals surface area contributed by atoms with Gasteiger partial charge in [-0.15, -0.1) is 0 Å². The molecule has 1 aromatic rings. The number of alkyl halides is 3. The Morgan fingerprint density at radius 3 is 2.00 bits per heavy atom. The fourth-order valence-corrected chi connectivity index (χ4v) is 1.09. The first kappa shape index (κ1) is 14.2. The quantitative estimate of drug-likeness (QED) is 0.811. The van der Waals surface area contributed by atoms with Crippen molar-refractivity contribution in [2.45, 2.75) is 3.79 Å². The van der Waals surface area contributed by atoms with Gasteiger partial charge in [-0.05, 0) is 12.1 Å². The molecule has 0 saturated heterocycles. The van der Waals surface area contributed by atoms with E-state index in [0.29, 0.717) is 0 Å². The summed E-state index contributed by atoms with van der Waals surface area (Å²) in [6, 6.07) is 2.79. The predicted octanol–water partition coefficient (Wildman–Crippen LogP) is 2.59. The zero-order valence-electron chi connectivity index (χ0n) is 7.94. The predicted molar refractivity (Wildman–Crippen MR) is 59.1 cm³/mol. The van der Waals surface area contributed by atoms with E-state index >= 15 is 0 Å². The number of hydrogen-bond donors (Lipinski definition) is 1. The van der Waals surface area contributed by atoms with Gasteiger partial charge in [0.15, 0.2) is 0 Å². The van der Waals surface area contributed by atoms with E-state index in [1.807, 2.05) is 0 Å². The van der Waals surface area contributed by atoms with E-state index in [1.54, 1.807) is 5.32 Å². The minimum Gasteiger partial charge on any atom is -0.288 e. The third-order valence-corrected chi connectivity index (χ3v) is 2.19. The normalized spacial score (nSPS) is 11.1. The van der Waals surface area contributed by atoms with E-state index in [4.69, 9.17) is 34.8 Å². The Morgan fingerprint density at radius 2 is 1.59 bits per heavy atom. The van der Waals surface area contributed by atoms with Crippen LogP contribution >= 0.6 is 34.8 Å². The highest BCUT2D eigenvalue weighted by Crippen LogP contribution is 2.26. The Morgan fingerprint density at radius 1 is 1.12 bits per heavy atom. The monoisotopic (exact) mass is 301 g/mol. The van der Waals surface area contributed by atoms with Gasteiger partial charge in [0.1, 0.15) is 17.2 Å². The summed E-state index contributed by atoms with van der Waals surface area (Å²) in [6.45, 7) is 0. The van der Waals surface area contributed by atoms with Gasteiger partial charge in [0.2, 0.25) is 0 Å². The Kier molecular flexibility index (Phi) is 4.30. The summed E-state index contributed by atoms with van der Waals surface area (Å²) in [5, 5.41) is 1.56. The van der Waals surface area contributed by atoms with Crippen LogP contribution in [0.2, 0.25) is 0 Å². The van der Waals surface area contributed by atoms with Crippen LogP contribution < -0.4 is 5.32 Å². The first-order valence-corrected chi connectivity index (χ1v) is 5.23. The van der Waals surface area contributed by atoms with E-state index in [1.165, 1.54) is 0 Å². The average molecular weight is 302 g/mol. The molecular weight excluding hydrogens is 298 g/mol. The van der Waals surface area contributed by atoms with Crippen LogP contribution in [0.5, 0.6) is 0 Å². The first-order valence-electron chi connectivity index (χ1n) is 4.10. The largest absolute Gasteiger partial charge is 0.288 e. The molecule has 0 saturated carbocycles. The van der Waals surface area contributed by atoms with Crippen molar-refractivity contribution in [2.75, 3.05) is 0 Å². The lowest BCUT2D eigenvalue weighted by atomic mass is 10.2. The lowest BCUT2D eigenvalue weighted by molar-refractivity contribution is -0.119. The molecule has 92 valence electrons. The Balaban J connectivity index is 2.96. The van der Waals surface area contributed by atoms with Crippen LogP contribution in [0.4, 0.5) is 8.78 Å². The topological polar surface area (TPSA) is 46.2 Å². The van der Waals surface area contributed by atoms with E-state index in [2.05, 4.69) is 0 Å². The molecule has 0 fully saturated rings. The summed E-state index contributed by atoms with van der Waals surface area (Å²) in [4.78, 5) is 22.5. The molecule has 0 heterocycles. The van der Waals surface area contributed by atoms with Gasteiger partial charge >= 0.3 is 0 Å². The Bertz CT molecular complexity index is 454. The summed E-state index contributed by atoms with van der Waals surface area (Å²) in [5.41, 5.74) is -0.921. The van der Waals surface area contributed by atoms with Gasteiger partial charge in [0.05, 0.1) is 0 Å². The minimum atomic E-state index is -2.39. The summed E-state index contributed by atoms with van der Waals surface area (Å²) >= 11 is 15.5. The molecule has 3 nitrogen and oxygen atoms in total. The third kappa shape index (κ3) is 3.52. The summed E-state index contributed by atoms with van der Waals surface area (Å²) < 4.78 is 23.9. The molecule has 1 N–H and O–H groups in total. The van der Waals surface area contributed by atoms with E-state index in [9.17, 15) is 18.4 Å². The van der Waals surface area contributed by atoms with Crippen LogP contribution in [0.1, 0.15) is 10.4 Å². The zero-order valence-corrected chi connectivity index (χ0v) is 10.2. The van der Waals surface area contributed by atoms with Gasteiger partial charge in [-0.1, -0.05) is 40.9 Å². The second-order valence-electron chi connectivity index (χ2n) is 2.88. The third-order valence-electron chi connectivity index (χ3n) is 1.67. The smallest absolute Gasteiger partial charge is 0.278 e. The molecule has 0 aliphatic heterocycles. The molecular formula is C9H4Cl3F2NO2. The molecule has 0 radical (unpaired) electrons. The number of carbonyl (C=O) groups excluding carboxylic acids is 2. The van der Waals surface area contributed by atoms with E-state index < -0.39 is 32.8 Å². The van der Waals surface area contributed by atoms with Crippen molar-refractivity contribution >= 4 is 46.6 Å². The molecule has 0 aromatic heterocycles. The number of halogens is 5. The highest BCUT2D eigenvalue weighted by molar-refractivity contribution is 6.76. The second-order valence-corrected chi connectivity index (χ2v) is 5.16. The average Bonchev–Trinajstić information content (AvgIpc) is 2.15. The van der Waals surface area contributed by atoms with Gasteiger partial charge in [-0.3, -0.25) is 14.9 Å². The van der Waals surface area contributed by atoms with Crippen molar-refractivity contribution in [1.29, 1.82) is 0 Å². The molecule has 1 aromatic carbocycles. The Labute approximate surface area is 110 Å². The Hall–Kier alpha value is -0.910. The van der Waals surface area contributed by atoms with E-state index in [-0.39, 0.29) is 0 Å². The van der Waals surface area contributed by atoms with Crippen LogP contribution in [0.25, 0.3) is 0 Å². The number of amides is 2. The van der Waals surface area contributed by atoms with Crippen molar-refractivity contribution < 1.29 is 18.4 Å². The van der Waals surface area contributed by atoms with Crippen molar-refractivity contribution in [3.8, 4) is 0 Å². The van der Waals surface area contributed by atoms with Crippen LogP contribution in [-0.2, 0) is 4.79 Å². The number of hydrogen-bond acceptors (Lipinski definition) is 2. The fourth-order valence-electron chi connectivity index (χ4n) is 0.951. The van der Waals surface area contributed by atoms with Crippen LogP contribution in [0.15, 0.2) is 18.2 Å². The maximum Gasteiger partial charge on any atom is 0.278 e. The molecule has 8 heteroatoms. The molecule has 0 aliphatic rings. The van der Waals surface area contributed by atoms with Gasteiger partial charge in [-0.2, -0.15) is 0 Å². The number of imide groups is 1. The molecule has 0 bridgehead atoms. The van der Waals surface area contributed by atoms with E-state index in [0.717, 1.165) is 18.2 Å². The van der Waals surface area contributed by atoms with Gasteiger partial charge in [0.25, 0.3) is 15.6 Å². The highest BCUT2D eigenvalue weighted by atomic mass is 35.6.